The van der Waals surface area contributed by atoms with Gasteiger partial charge in [0.05, 0.1) is 5.60 Å². The molecule has 0 amide bonds. The van der Waals surface area contributed by atoms with Crippen LogP contribution in [0.3, 0.4) is 0 Å². The van der Waals surface area contributed by atoms with Gasteiger partial charge in [-0.15, -0.1) is 0 Å². The van der Waals surface area contributed by atoms with Crippen LogP contribution in [0.15, 0.2) is 0 Å². The van der Waals surface area contributed by atoms with Crippen LogP contribution in [0.4, 0.5) is 0 Å². The fourth-order valence-electron chi connectivity index (χ4n) is 2.14. The molecule has 3 nitrogen and oxygen atoms in total. The zero-order chi connectivity index (χ0) is 9.86. The molecular weight excluding hydrogens is 178 g/mol. The van der Waals surface area contributed by atoms with E-state index in [1.807, 2.05) is 7.11 Å². The van der Waals surface area contributed by atoms with Gasteiger partial charge in [-0.3, -0.25) is 0 Å². The lowest BCUT2D eigenvalue weighted by molar-refractivity contribution is -0.0895. The zero-order valence-electron chi connectivity index (χ0n) is 9.05. The smallest absolute Gasteiger partial charge is 0.0846 e. The van der Waals surface area contributed by atoms with Crippen LogP contribution in [0, 0.1) is 0 Å². The second kappa shape index (κ2) is 4.60. The Balaban J connectivity index is 1.77. The third-order valence-corrected chi connectivity index (χ3v) is 3.66. The van der Waals surface area contributed by atoms with E-state index in [2.05, 4.69) is 5.32 Å². The van der Waals surface area contributed by atoms with Gasteiger partial charge in [-0.25, -0.2) is 0 Å². The van der Waals surface area contributed by atoms with E-state index < -0.39 is 0 Å². The molecule has 1 saturated heterocycles. The van der Waals surface area contributed by atoms with Crippen molar-refractivity contribution >= 4 is 0 Å². The van der Waals surface area contributed by atoms with Gasteiger partial charge in [-0.1, -0.05) is 6.42 Å². The first-order valence-electron chi connectivity index (χ1n) is 5.71. The molecule has 1 N–H and O–H groups in total. The molecule has 1 saturated carbocycles. The molecule has 0 atom stereocenters. The van der Waals surface area contributed by atoms with E-state index in [-0.39, 0.29) is 5.60 Å². The van der Waals surface area contributed by atoms with Gasteiger partial charge in [0.1, 0.15) is 0 Å². The largest absolute Gasteiger partial charge is 0.381 e. The predicted octanol–water partition coefficient (Wildman–Crippen LogP) is 1.32. The minimum Gasteiger partial charge on any atom is -0.381 e. The molecule has 1 aliphatic heterocycles. The Kier molecular flexibility index (Phi) is 3.42. The SMILES string of the molecule is COC1(CNC2CCC2)CCOCC1. The highest BCUT2D eigenvalue weighted by Crippen LogP contribution is 2.25. The van der Waals surface area contributed by atoms with E-state index in [9.17, 15) is 0 Å². The number of rotatable bonds is 4. The summed E-state index contributed by atoms with van der Waals surface area (Å²) in [6.45, 7) is 2.69. The van der Waals surface area contributed by atoms with Gasteiger partial charge >= 0.3 is 0 Å². The number of hydrogen-bond donors (Lipinski definition) is 1. The Morgan fingerprint density at radius 1 is 1.36 bits per heavy atom. The molecule has 2 aliphatic rings. The van der Waals surface area contributed by atoms with Crippen LogP contribution in [0.25, 0.3) is 0 Å². The van der Waals surface area contributed by atoms with Crippen molar-refractivity contribution in [1.82, 2.24) is 5.32 Å². The standard InChI is InChI=1S/C11H21NO2/c1-13-11(5-7-14-8-6-11)9-12-10-3-2-4-10/h10,12H,2-9H2,1H3. The average molecular weight is 199 g/mol. The Labute approximate surface area is 86.2 Å². The maximum absolute atomic E-state index is 5.66. The lowest BCUT2D eigenvalue weighted by atomic mass is 9.89. The van der Waals surface area contributed by atoms with E-state index in [1.165, 1.54) is 19.3 Å². The maximum Gasteiger partial charge on any atom is 0.0846 e. The minimum atomic E-state index is 0.0494. The summed E-state index contributed by atoms with van der Waals surface area (Å²) in [5, 5.41) is 3.60. The molecule has 0 bridgehead atoms. The van der Waals surface area contributed by atoms with Crippen LogP contribution < -0.4 is 5.32 Å². The van der Waals surface area contributed by atoms with Gasteiger partial charge in [-0.05, 0) is 12.8 Å². The van der Waals surface area contributed by atoms with E-state index in [1.54, 1.807) is 0 Å². The molecule has 3 heteroatoms. The van der Waals surface area contributed by atoms with Crippen molar-refractivity contribution in [2.75, 3.05) is 26.9 Å². The van der Waals surface area contributed by atoms with Crippen LogP contribution in [0.1, 0.15) is 32.1 Å². The van der Waals surface area contributed by atoms with Crippen molar-refractivity contribution < 1.29 is 9.47 Å². The molecule has 0 unspecified atom stereocenters. The average Bonchev–Trinajstić information content (AvgIpc) is 2.17. The second-order valence-electron chi connectivity index (χ2n) is 4.51. The molecule has 82 valence electrons. The summed E-state index contributed by atoms with van der Waals surface area (Å²) in [5.74, 6) is 0. The van der Waals surface area contributed by atoms with Gasteiger partial charge in [-0.2, -0.15) is 0 Å². The first-order valence-corrected chi connectivity index (χ1v) is 5.71. The summed E-state index contributed by atoms with van der Waals surface area (Å²) < 4.78 is 11.0. The van der Waals surface area contributed by atoms with Crippen molar-refractivity contribution in [3.8, 4) is 0 Å². The van der Waals surface area contributed by atoms with Crippen molar-refractivity contribution in [2.45, 2.75) is 43.7 Å². The zero-order valence-corrected chi connectivity index (χ0v) is 9.05. The lowest BCUT2D eigenvalue weighted by Gasteiger charge is -2.38. The van der Waals surface area contributed by atoms with Crippen molar-refractivity contribution in [3.63, 3.8) is 0 Å². The molecule has 0 aromatic heterocycles. The summed E-state index contributed by atoms with van der Waals surface area (Å²) in [7, 11) is 1.83. The molecule has 1 aliphatic carbocycles. The van der Waals surface area contributed by atoms with E-state index in [0.717, 1.165) is 38.6 Å². The van der Waals surface area contributed by atoms with Gasteiger partial charge in [0.15, 0.2) is 0 Å². The van der Waals surface area contributed by atoms with E-state index in [4.69, 9.17) is 9.47 Å². The van der Waals surface area contributed by atoms with Gasteiger partial charge in [0, 0.05) is 45.8 Å². The maximum atomic E-state index is 5.66. The Bertz CT molecular complexity index is 174. The molecule has 2 rings (SSSR count). The van der Waals surface area contributed by atoms with Gasteiger partial charge in [0.2, 0.25) is 0 Å². The molecule has 0 spiro atoms. The fraction of sp³-hybridized carbons (Fsp3) is 1.00. The Hall–Kier alpha value is -0.120. The van der Waals surface area contributed by atoms with Crippen LogP contribution in [0.5, 0.6) is 0 Å². The van der Waals surface area contributed by atoms with Crippen molar-refractivity contribution in [1.29, 1.82) is 0 Å². The molecule has 1 heterocycles. The summed E-state index contributed by atoms with van der Waals surface area (Å²) in [4.78, 5) is 0. The number of nitrogens with one attached hydrogen (secondary N) is 1. The normalized spacial score (nSPS) is 27.2. The van der Waals surface area contributed by atoms with E-state index >= 15 is 0 Å². The first-order chi connectivity index (χ1) is 6.85. The minimum absolute atomic E-state index is 0.0494. The highest BCUT2D eigenvalue weighted by molar-refractivity contribution is 4.88. The molecule has 0 radical (unpaired) electrons. The van der Waals surface area contributed by atoms with Crippen LogP contribution in [-0.2, 0) is 9.47 Å². The summed E-state index contributed by atoms with van der Waals surface area (Å²) >= 11 is 0. The Morgan fingerprint density at radius 2 is 2.07 bits per heavy atom. The van der Waals surface area contributed by atoms with Crippen LogP contribution in [-0.4, -0.2) is 38.5 Å². The van der Waals surface area contributed by atoms with Crippen molar-refractivity contribution in [2.24, 2.45) is 0 Å². The first kappa shape index (κ1) is 10.4. The van der Waals surface area contributed by atoms with Gasteiger partial charge in [0.25, 0.3) is 0 Å². The molecule has 2 fully saturated rings. The third kappa shape index (κ3) is 2.27. The lowest BCUT2D eigenvalue weighted by Crippen LogP contribution is -2.50. The fourth-order valence-corrected chi connectivity index (χ4v) is 2.14. The second-order valence-corrected chi connectivity index (χ2v) is 4.51. The van der Waals surface area contributed by atoms with Gasteiger partial charge < -0.3 is 14.8 Å². The highest BCUT2D eigenvalue weighted by atomic mass is 16.5. The molecule has 0 aromatic rings. The molecular formula is C11H21NO2. The number of methoxy groups -OCH3 is 1. The van der Waals surface area contributed by atoms with Crippen molar-refractivity contribution in [3.05, 3.63) is 0 Å². The summed E-state index contributed by atoms with van der Waals surface area (Å²) in [6, 6.07) is 0.755. The highest BCUT2D eigenvalue weighted by Gasteiger charge is 2.33. The predicted molar refractivity (Wildman–Crippen MR) is 55.4 cm³/mol. The van der Waals surface area contributed by atoms with Crippen LogP contribution in [0.2, 0.25) is 0 Å². The summed E-state index contributed by atoms with van der Waals surface area (Å²) in [6.07, 6.45) is 6.14. The Morgan fingerprint density at radius 3 is 2.57 bits per heavy atom. The number of ether oxygens (including phenoxy) is 2. The molecule has 0 aromatic carbocycles. The topological polar surface area (TPSA) is 30.5 Å². The molecule has 14 heavy (non-hydrogen) atoms. The summed E-state index contributed by atoms with van der Waals surface area (Å²) in [5.41, 5.74) is 0.0494. The quantitative estimate of drug-likeness (QED) is 0.741. The van der Waals surface area contributed by atoms with E-state index in [0.29, 0.717) is 0 Å². The monoisotopic (exact) mass is 199 g/mol. The third-order valence-electron chi connectivity index (χ3n) is 3.66. The van der Waals surface area contributed by atoms with Crippen LogP contribution >= 0.6 is 0 Å². The number of hydrogen-bond acceptors (Lipinski definition) is 3.